The van der Waals surface area contributed by atoms with E-state index in [-0.39, 0.29) is 43.1 Å². The Kier molecular flexibility index (Phi) is 21.4. The predicted octanol–water partition coefficient (Wildman–Crippen LogP) is 6.36. The number of methoxy groups -OCH3 is 1. The minimum atomic E-state index is -2.20. The Bertz CT molecular complexity index is 2960. The number of amides is 1. The zero-order chi connectivity index (χ0) is 67.5. The number of aldehydes is 1. The highest BCUT2D eigenvalue weighted by molar-refractivity contribution is 6.26. The summed E-state index contributed by atoms with van der Waals surface area (Å²) in [5.74, 6) is -6.46. The molecule has 1 saturated carbocycles. The normalized spacial score (nSPS) is 48.2. The lowest BCUT2D eigenvalue weighted by atomic mass is 9.49. The number of nitrogens with one attached hydrogen (secondary N) is 1. The summed E-state index contributed by atoms with van der Waals surface area (Å²) >= 11 is 0. The smallest absolute Gasteiger partial charge is 0.407 e. The molecule has 0 radical (unpaired) electrons. The Balaban J connectivity index is 0.904. The summed E-state index contributed by atoms with van der Waals surface area (Å²) in [5, 5.41) is 62.0. The quantitative estimate of drug-likeness (QED) is 0.0240. The molecule has 10 aliphatic rings. The molecule has 0 aromatic heterocycles. The van der Waals surface area contributed by atoms with Gasteiger partial charge in [0.05, 0.1) is 86.6 Å². The number of aliphatic hydroxyl groups is 4. The number of allylic oxidation sites excluding steroid dienone is 3. The summed E-state index contributed by atoms with van der Waals surface area (Å²) in [4.78, 5) is 80.4. The Hall–Kier alpha value is -5.07. The number of carbonyl (C=O) groups is 5. The molecule has 5 N–H and O–H groups in total. The number of alkyl carbamates (subject to hydrolysis) is 1. The van der Waals surface area contributed by atoms with Crippen molar-refractivity contribution in [1.82, 2.24) is 5.32 Å². The van der Waals surface area contributed by atoms with Gasteiger partial charge in [-0.1, -0.05) is 50.6 Å². The first kappa shape index (κ1) is 70.7. The minimum Gasteiger partial charge on any atom is -0.511 e. The molecule has 0 aromatic carbocycles. The van der Waals surface area contributed by atoms with Gasteiger partial charge < -0.3 is 87.3 Å². The van der Waals surface area contributed by atoms with Crippen LogP contribution in [0.4, 0.5) is 4.79 Å². The van der Waals surface area contributed by atoms with Crippen LogP contribution >= 0.6 is 0 Å². The summed E-state index contributed by atoms with van der Waals surface area (Å²) in [7, 11) is 1.15. The fourth-order valence-electron chi connectivity index (χ4n) is 16.9. The Labute approximate surface area is 542 Å². The molecule has 26 nitrogen and oxygen atoms in total. The number of esters is 2. The van der Waals surface area contributed by atoms with Crippen molar-refractivity contribution in [1.29, 1.82) is 0 Å². The molecule has 1 spiro atoms. The molecular weight excluding hydrogens is 1220 g/mol. The largest absolute Gasteiger partial charge is 0.511 e. The van der Waals surface area contributed by atoms with Gasteiger partial charge in [-0.05, 0) is 109 Å². The first-order chi connectivity index (χ1) is 43.9. The van der Waals surface area contributed by atoms with Gasteiger partial charge in [0.1, 0.15) is 35.9 Å². The number of hydrogen-bond acceptors (Lipinski definition) is 24. The molecule has 0 aromatic rings. The van der Waals surface area contributed by atoms with Gasteiger partial charge >= 0.3 is 18.0 Å². The molecule has 6 saturated heterocycles. The van der Waals surface area contributed by atoms with Crippen LogP contribution in [0.1, 0.15) is 147 Å². The maximum Gasteiger partial charge on any atom is 0.407 e. The topological polar surface area (TPSA) is 341 Å². The van der Waals surface area contributed by atoms with Crippen molar-refractivity contribution in [3.05, 3.63) is 68.5 Å². The molecule has 4 aliphatic carbocycles. The molecule has 5 unspecified atom stereocenters. The lowest BCUT2D eigenvalue weighted by Gasteiger charge is -2.56. The van der Waals surface area contributed by atoms with Crippen LogP contribution in [0.2, 0.25) is 0 Å². The van der Waals surface area contributed by atoms with Crippen molar-refractivity contribution in [3.63, 3.8) is 0 Å². The van der Waals surface area contributed by atoms with Gasteiger partial charge in [0.2, 0.25) is 11.3 Å². The summed E-state index contributed by atoms with van der Waals surface area (Å²) in [6.07, 6.45) is -4.21. The van der Waals surface area contributed by atoms with Crippen LogP contribution in [0.25, 0.3) is 0 Å². The van der Waals surface area contributed by atoms with E-state index < -0.39 is 210 Å². The average molecular weight is 1310 g/mol. The van der Waals surface area contributed by atoms with Crippen LogP contribution in [-0.4, -0.2) is 197 Å². The predicted molar refractivity (Wildman–Crippen MR) is 325 cm³/mol. The molecule has 6 heterocycles. The number of rotatable bonds is 14. The molecule has 29 atom stereocenters. The van der Waals surface area contributed by atoms with Crippen LogP contribution in [0.5, 0.6) is 0 Å². The lowest BCUT2D eigenvalue weighted by Crippen LogP contribution is -2.65. The van der Waals surface area contributed by atoms with Gasteiger partial charge in [0, 0.05) is 68.1 Å². The second-order valence-electron chi connectivity index (χ2n) is 28.2. The number of ether oxygens (including phenoxy) is 13. The molecule has 7 fully saturated rings. The number of aliphatic hydroxyl groups excluding tert-OH is 4. The number of nitrogens with zero attached hydrogens (tertiary/aromatic N) is 1. The van der Waals surface area contributed by atoms with Crippen molar-refractivity contribution in [2.24, 2.45) is 40.9 Å². The average Bonchev–Trinajstić information content (AvgIpc) is 1.68. The van der Waals surface area contributed by atoms with Gasteiger partial charge in [0.15, 0.2) is 43.2 Å². The second-order valence-corrected chi connectivity index (χ2v) is 28.2. The number of hydrogen-bond donors (Lipinski definition) is 5. The summed E-state index contributed by atoms with van der Waals surface area (Å²) in [6.45, 7) is 21.0. The third-order valence-electron chi connectivity index (χ3n) is 21.7. The molecule has 1 amide bonds. The Morgan fingerprint density at radius 1 is 0.720 bits per heavy atom. The SMILES string of the molecule is COC(=O)NC1[C@@H](C)O[C@@H](O[C@H]2C/C=C(\C)[C@@H]3C=C[C@@H]4C(O[C@H]5C[C@@H](O[C@H]6CCC(O[C@H]7C[C@@H](O)C(O[C@H]8CC[C@@H](O)[C@H](C)O8)[C@H](C)O7)[C@H](C)O6)[C@@H](OC(C)=O)[C@H](C)O5)[C@@H](C)C[C@H](C)[C@H]4[C@]3(C)/C(O)=C3\C(=O)OC4(CC(C=O)=C[C@H](O)[C@H]4/C=C/2C)C3=O)C[C@]1(C)[N+](=O)[O-]. The number of Topliss-reactive ketones (excluding diaryl/α,β-unsaturated/α-hetero) is 1. The van der Waals surface area contributed by atoms with E-state index in [0.717, 1.165) is 7.11 Å². The van der Waals surface area contributed by atoms with Crippen molar-refractivity contribution < 1.29 is 111 Å². The Morgan fingerprint density at radius 3 is 2.01 bits per heavy atom. The van der Waals surface area contributed by atoms with E-state index in [1.165, 1.54) is 19.9 Å². The second kappa shape index (κ2) is 28.2. The van der Waals surface area contributed by atoms with E-state index in [1.54, 1.807) is 33.8 Å². The molecular formula is C67H96N2O24. The summed E-state index contributed by atoms with van der Waals surface area (Å²) in [5.41, 5.74) is -4.91. The van der Waals surface area contributed by atoms with E-state index in [4.69, 9.17) is 61.6 Å². The minimum absolute atomic E-state index is 0.00196. The van der Waals surface area contributed by atoms with E-state index >= 15 is 4.79 Å². The van der Waals surface area contributed by atoms with Gasteiger partial charge in [-0.25, -0.2) is 9.59 Å². The maximum atomic E-state index is 15.6. The number of fused-ring (bicyclic) bond motifs is 4. The fraction of sp³-hybridized carbons (Fsp3) is 0.776. The van der Waals surface area contributed by atoms with E-state index in [2.05, 4.69) is 25.2 Å². The fourth-order valence-corrected chi connectivity index (χ4v) is 16.9. The summed E-state index contributed by atoms with van der Waals surface area (Å²) < 4.78 is 81.5. The van der Waals surface area contributed by atoms with Gasteiger partial charge in [-0.15, -0.1) is 0 Å². The monoisotopic (exact) mass is 1310 g/mol. The highest BCUT2D eigenvalue weighted by Gasteiger charge is 2.65. The van der Waals surface area contributed by atoms with Crippen LogP contribution in [-0.2, 0) is 80.8 Å². The highest BCUT2D eigenvalue weighted by atomic mass is 16.8. The van der Waals surface area contributed by atoms with E-state index in [9.17, 15) is 49.7 Å². The molecule has 518 valence electrons. The first-order valence-electron chi connectivity index (χ1n) is 33.1. The molecule has 6 aliphatic heterocycles. The van der Waals surface area contributed by atoms with Gasteiger partial charge in [0.25, 0.3) is 0 Å². The molecule has 10 rings (SSSR count). The third-order valence-corrected chi connectivity index (χ3v) is 21.7. The summed E-state index contributed by atoms with van der Waals surface area (Å²) in [6, 6.07) is -1.12. The number of carbonyl (C=O) groups excluding carboxylic acids is 5. The van der Waals surface area contributed by atoms with Crippen molar-refractivity contribution >= 4 is 30.1 Å². The van der Waals surface area contributed by atoms with Crippen molar-refractivity contribution in [3.8, 4) is 0 Å². The van der Waals surface area contributed by atoms with Gasteiger partial charge in [-0.3, -0.25) is 24.5 Å². The van der Waals surface area contributed by atoms with Crippen molar-refractivity contribution in [2.75, 3.05) is 7.11 Å². The van der Waals surface area contributed by atoms with Crippen LogP contribution < -0.4 is 5.32 Å². The van der Waals surface area contributed by atoms with Crippen LogP contribution in [0.15, 0.2) is 58.4 Å². The number of ketones is 1. The standard InChI is InChI=1S/C67H96N2O24/c1-30-14-18-47(88-54-28-65(11,69(79)80)60(38(9)86-54)68-64(78)81-13)31(2)23-43-45(73)24-40(29-70)27-67(43)62(76)55(63(77)93-67)61(75)66(12)42(30)16-15-41-56(66)32(3)22-33(4)57(41)92-53-26-49(59(37(8)85-53)87-39(10)71)90-50-21-19-48(35(6)83-50)89-52-25-46(74)58(36(7)84-52)91-51-20-17-44(72)34(5)82-51/h14-16,23-24,29,32-38,41-54,56-60,72-75H,17-22,25-28H2,1-13H3,(H,68,78)/b30-14+,31-23+,61-55+/t32-,33-,34-,35-,36-,37-,38+,41-,42-,43+,44+,45-,46+,47-,48?,49+,50-,51-,52-,53-,54-,56+,57?,58?,59-,60?,65-,66+,67?/m0/s1. The molecule has 26 heteroatoms. The third kappa shape index (κ3) is 14.0. The zero-order valence-corrected chi connectivity index (χ0v) is 55.4. The van der Waals surface area contributed by atoms with Crippen LogP contribution in [0.3, 0.4) is 0 Å². The van der Waals surface area contributed by atoms with E-state index in [1.807, 2.05) is 39.8 Å². The Morgan fingerprint density at radius 2 is 1.35 bits per heavy atom. The van der Waals surface area contributed by atoms with Crippen LogP contribution in [0, 0.1) is 51.0 Å². The highest BCUT2D eigenvalue weighted by Crippen LogP contribution is 2.61. The first-order valence-corrected chi connectivity index (χ1v) is 33.1. The van der Waals surface area contributed by atoms with E-state index in [0.29, 0.717) is 49.5 Å². The molecule has 2 bridgehead atoms. The molecule has 93 heavy (non-hydrogen) atoms. The van der Waals surface area contributed by atoms with Gasteiger partial charge in [-0.2, -0.15) is 0 Å². The van der Waals surface area contributed by atoms with Crippen molar-refractivity contribution in [2.45, 2.75) is 281 Å². The lowest BCUT2D eigenvalue weighted by molar-refractivity contribution is -0.584. The zero-order valence-electron chi connectivity index (χ0n) is 55.4. The number of nitro groups is 1. The maximum absolute atomic E-state index is 15.6.